The van der Waals surface area contributed by atoms with Crippen molar-refractivity contribution in [3.05, 3.63) is 35.6 Å². The molecule has 1 fully saturated rings. The van der Waals surface area contributed by atoms with Crippen molar-refractivity contribution in [2.75, 3.05) is 33.2 Å². The number of carboxylic acid groups (broad SMARTS) is 1. The van der Waals surface area contributed by atoms with E-state index in [0.29, 0.717) is 5.58 Å². The molecule has 5 heteroatoms. The summed E-state index contributed by atoms with van der Waals surface area (Å²) in [5, 5.41) is 9.99. The second kappa shape index (κ2) is 5.26. The van der Waals surface area contributed by atoms with Gasteiger partial charge in [0.2, 0.25) is 0 Å². The Balaban J connectivity index is 1.80. The zero-order chi connectivity index (χ0) is 14.1. The third-order valence-electron chi connectivity index (χ3n) is 3.89. The smallest absolute Gasteiger partial charge is 0.335 e. The minimum absolute atomic E-state index is 0.262. The quantitative estimate of drug-likeness (QED) is 0.926. The van der Waals surface area contributed by atoms with E-state index in [0.717, 1.165) is 43.7 Å². The minimum Gasteiger partial charge on any atom is -0.478 e. The van der Waals surface area contributed by atoms with Crippen LogP contribution in [0.5, 0.6) is 0 Å². The van der Waals surface area contributed by atoms with Crippen molar-refractivity contribution in [3.63, 3.8) is 0 Å². The van der Waals surface area contributed by atoms with Crippen LogP contribution < -0.4 is 0 Å². The van der Waals surface area contributed by atoms with Gasteiger partial charge in [0, 0.05) is 43.7 Å². The van der Waals surface area contributed by atoms with E-state index in [2.05, 4.69) is 16.8 Å². The number of piperazine rings is 1. The van der Waals surface area contributed by atoms with Crippen LogP contribution in [0.25, 0.3) is 11.0 Å². The van der Waals surface area contributed by atoms with E-state index in [9.17, 15) is 4.79 Å². The first-order chi connectivity index (χ1) is 9.63. The van der Waals surface area contributed by atoms with Crippen LogP contribution in [0, 0.1) is 0 Å². The maximum absolute atomic E-state index is 10.9. The lowest BCUT2D eigenvalue weighted by atomic mass is 10.1. The largest absolute Gasteiger partial charge is 0.478 e. The van der Waals surface area contributed by atoms with Crippen molar-refractivity contribution in [1.29, 1.82) is 0 Å². The van der Waals surface area contributed by atoms with E-state index in [4.69, 9.17) is 9.52 Å². The summed E-state index contributed by atoms with van der Waals surface area (Å²) in [6, 6.07) is 5.06. The van der Waals surface area contributed by atoms with Gasteiger partial charge in [-0.1, -0.05) is 0 Å². The van der Waals surface area contributed by atoms with Gasteiger partial charge in [0.1, 0.15) is 5.58 Å². The SMILES string of the molecule is CN1CCN(Cc2coc3cc(C(=O)O)ccc23)CC1. The Morgan fingerprint density at radius 3 is 2.75 bits per heavy atom. The Labute approximate surface area is 117 Å². The van der Waals surface area contributed by atoms with Crippen LogP contribution in [-0.2, 0) is 6.54 Å². The Kier molecular flexibility index (Phi) is 3.46. The van der Waals surface area contributed by atoms with E-state index in [1.54, 1.807) is 18.4 Å². The van der Waals surface area contributed by atoms with Gasteiger partial charge < -0.3 is 14.4 Å². The van der Waals surface area contributed by atoms with Crippen LogP contribution in [0.3, 0.4) is 0 Å². The molecule has 1 aromatic heterocycles. The fourth-order valence-corrected chi connectivity index (χ4v) is 2.59. The van der Waals surface area contributed by atoms with E-state index in [-0.39, 0.29) is 5.56 Å². The Morgan fingerprint density at radius 1 is 1.30 bits per heavy atom. The highest BCUT2D eigenvalue weighted by atomic mass is 16.4. The molecule has 1 N–H and O–H groups in total. The number of aromatic carboxylic acids is 1. The highest BCUT2D eigenvalue weighted by Crippen LogP contribution is 2.24. The molecule has 0 aliphatic carbocycles. The Morgan fingerprint density at radius 2 is 2.05 bits per heavy atom. The van der Waals surface area contributed by atoms with Gasteiger partial charge in [-0.25, -0.2) is 4.79 Å². The molecule has 3 rings (SSSR count). The first-order valence-corrected chi connectivity index (χ1v) is 6.78. The molecule has 2 heterocycles. The predicted molar refractivity (Wildman–Crippen MR) is 75.9 cm³/mol. The number of carbonyl (C=O) groups is 1. The van der Waals surface area contributed by atoms with Crippen molar-refractivity contribution in [2.24, 2.45) is 0 Å². The average Bonchev–Trinajstić information content (AvgIpc) is 2.84. The molecule has 0 unspecified atom stereocenters. The van der Waals surface area contributed by atoms with Crippen molar-refractivity contribution < 1.29 is 14.3 Å². The van der Waals surface area contributed by atoms with E-state index in [1.807, 2.05) is 6.07 Å². The standard InChI is InChI=1S/C15H18N2O3/c1-16-4-6-17(7-5-16)9-12-10-20-14-8-11(15(18)19)2-3-13(12)14/h2-3,8,10H,4-7,9H2,1H3,(H,18,19). The second-order valence-corrected chi connectivity index (χ2v) is 5.36. The zero-order valence-corrected chi connectivity index (χ0v) is 11.5. The fourth-order valence-electron chi connectivity index (χ4n) is 2.59. The highest BCUT2D eigenvalue weighted by Gasteiger charge is 2.16. The third-order valence-corrected chi connectivity index (χ3v) is 3.89. The van der Waals surface area contributed by atoms with E-state index >= 15 is 0 Å². The summed E-state index contributed by atoms with van der Waals surface area (Å²) in [5.41, 5.74) is 2.04. The number of likely N-dealkylation sites (N-methyl/N-ethyl adjacent to an activating group) is 1. The summed E-state index contributed by atoms with van der Waals surface area (Å²) in [6.45, 7) is 5.12. The number of furan rings is 1. The van der Waals surface area contributed by atoms with Crippen molar-refractivity contribution >= 4 is 16.9 Å². The third kappa shape index (κ3) is 2.55. The number of nitrogens with zero attached hydrogens (tertiary/aromatic N) is 2. The maximum atomic E-state index is 10.9. The van der Waals surface area contributed by atoms with Gasteiger partial charge in [0.15, 0.2) is 0 Å². The molecule has 0 saturated carbocycles. The molecule has 1 saturated heterocycles. The van der Waals surface area contributed by atoms with Crippen LogP contribution in [-0.4, -0.2) is 54.1 Å². The Bertz CT molecular complexity index is 627. The van der Waals surface area contributed by atoms with Crippen molar-refractivity contribution in [3.8, 4) is 0 Å². The lowest BCUT2D eigenvalue weighted by molar-refractivity contribution is 0.0697. The topological polar surface area (TPSA) is 56.9 Å². The molecule has 0 atom stereocenters. The molecule has 1 aromatic carbocycles. The van der Waals surface area contributed by atoms with Crippen LogP contribution in [0.2, 0.25) is 0 Å². The molecule has 1 aliphatic heterocycles. The zero-order valence-electron chi connectivity index (χ0n) is 11.5. The van der Waals surface area contributed by atoms with Crippen molar-refractivity contribution in [2.45, 2.75) is 6.54 Å². The molecule has 1 aliphatic rings. The van der Waals surface area contributed by atoms with Crippen LogP contribution in [0.1, 0.15) is 15.9 Å². The second-order valence-electron chi connectivity index (χ2n) is 5.36. The van der Waals surface area contributed by atoms with Crippen molar-refractivity contribution in [1.82, 2.24) is 9.80 Å². The summed E-state index contributed by atoms with van der Waals surface area (Å²) in [7, 11) is 2.14. The molecular weight excluding hydrogens is 256 g/mol. The number of hydrogen-bond acceptors (Lipinski definition) is 4. The lowest BCUT2D eigenvalue weighted by Crippen LogP contribution is -2.43. The number of hydrogen-bond donors (Lipinski definition) is 1. The molecule has 20 heavy (non-hydrogen) atoms. The number of benzene rings is 1. The minimum atomic E-state index is -0.927. The van der Waals surface area contributed by atoms with Gasteiger partial charge in [-0.05, 0) is 25.2 Å². The molecular formula is C15H18N2O3. The monoisotopic (exact) mass is 274 g/mol. The summed E-state index contributed by atoms with van der Waals surface area (Å²) in [4.78, 5) is 15.7. The Hall–Kier alpha value is -1.85. The van der Waals surface area contributed by atoms with Gasteiger partial charge in [-0.3, -0.25) is 4.90 Å². The average molecular weight is 274 g/mol. The normalized spacial score (nSPS) is 17.6. The highest BCUT2D eigenvalue weighted by molar-refractivity contribution is 5.93. The molecule has 2 aromatic rings. The van der Waals surface area contributed by atoms with Gasteiger partial charge in [-0.15, -0.1) is 0 Å². The number of rotatable bonds is 3. The molecule has 0 bridgehead atoms. The summed E-state index contributed by atoms with van der Waals surface area (Å²) in [5.74, 6) is -0.927. The van der Waals surface area contributed by atoms with Gasteiger partial charge in [0.25, 0.3) is 0 Å². The predicted octanol–water partition coefficient (Wildman–Crippen LogP) is 1.88. The first kappa shape index (κ1) is 13.1. The van der Waals surface area contributed by atoms with Gasteiger partial charge in [0.05, 0.1) is 11.8 Å². The fraction of sp³-hybridized carbons (Fsp3) is 0.400. The molecule has 0 amide bonds. The lowest BCUT2D eigenvalue weighted by Gasteiger charge is -2.32. The molecule has 0 radical (unpaired) electrons. The van der Waals surface area contributed by atoms with Crippen LogP contribution >= 0.6 is 0 Å². The summed E-state index contributed by atoms with van der Waals surface area (Å²) in [6.07, 6.45) is 1.74. The van der Waals surface area contributed by atoms with Crippen LogP contribution in [0.15, 0.2) is 28.9 Å². The maximum Gasteiger partial charge on any atom is 0.335 e. The van der Waals surface area contributed by atoms with Crippen LogP contribution in [0.4, 0.5) is 0 Å². The van der Waals surface area contributed by atoms with Gasteiger partial charge >= 0.3 is 5.97 Å². The number of carboxylic acids is 1. The number of fused-ring (bicyclic) bond motifs is 1. The van der Waals surface area contributed by atoms with E-state index < -0.39 is 5.97 Å². The summed E-state index contributed by atoms with van der Waals surface area (Å²) < 4.78 is 5.50. The summed E-state index contributed by atoms with van der Waals surface area (Å²) >= 11 is 0. The molecule has 106 valence electrons. The molecule has 5 nitrogen and oxygen atoms in total. The van der Waals surface area contributed by atoms with E-state index in [1.165, 1.54) is 0 Å². The van der Waals surface area contributed by atoms with Gasteiger partial charge in [-0.2, -0.15) is 0 Å². The molecule has 0 spiro atoms. The first-order valence-electron chi connectivity index (χ1n) is 6.78.